The first-order valence-electron chi connectivity index (χ1n) is 6.50. The lowest BCUT2D eigenvalue weighted by Crippen LogP contribution is -2.38. The van der Waals surface area contributed by atoms with Crippen molar-refractivity contribution in [2.45, 2.75) is 6.42 Å². The van der Waals surface area contributed by atoms with E-state index in [-0.39, 0.29) is 18.4 Å². The SMILES string of the molecule is COCCNC(=O)CNC(=O)c1cccc(CCN)c1. The Bertz CT molecular complexity index is 449. The van der Waals surface area contributed by atoms with E-state index in [0.717, 1.165) is 12.0 Å². The second-order valence-electron chi connectivity index (χ2n) is 4.26. The molecule has 110 valence electrons. The van der Waals surface area contributed by atoms with Crippen molar-refractivity contribution in [2.75, 3.05) is 33.4 Å². The lowest BCUT2D eigenvalue weighted by molar-refractivity contribution is -0.120. The van der Waals surface area contributed by atoms with Gasteiger partial charge in [0, 0.05) is 19.2 Å². The number of carbonyl (C=O) groups excluding carboxylic acids is 2. The molecule has 1 aromatic carbocycles. The number of hydrogen-bond donors (Lipinski definition) is 3. The van der Waals surface area contributed by atoms with Crippen LogP contribution in [0.4, 0.5) is 0 Å². The van der Waals surface area contributed by atoms with Crippen LogP contribution in [-0.2, 0) is 16.0 Å². The number of ether oxygens (including phenoxy) is 1. The molecule has 2 amide bonds. The summed E-state index contributed by atoms with van der Waals surface area (Å²) < 4.78 is 4.81. The van der Waals surface area contributed by atoms with Gasteiger partial charge in [0.25, 0.3) is 5.91 Å². The van der Waals surface area contributed by atoms with Gasteiger partial charge in [0.2, 0.25) is 5.91 Å². The Labute approximate surface area is 118 Å². The highest BCUT2D eigenvalue weighted by Crippen LogP contribution is 2.05. The van der Waals surface area contributed by atoms with E-state index in [2.05, 4.69) is 10.6 Å². The van der Waals surface area contributed by atoms with Crippen LogP contribution >= 0.6 is 0 Å². The predicted octanol–water partition coefficient (Wildman–Crippen LogP) is -0.320. The third-order valence-electron chi connectivity index (χ3n) is 2.66. The molecule has 0 unspecified atom stereocenters. The third-order valence-corrected chi connectivity index (χ3v) is 2.66. The Morgan fingerprint density at radius 3 is 2.80 bits per heavy atom. The molecule has 0 radical (unpaired) electrons. The Morgan fingerprint density at radius 2 is 2.10 bits per heavy atom. The number of methoxy groups -OCH3 is 1. The summed E-state index contributed by atoms with van der Waals surface area (Å²) in [5, 5.41) is 5.20. The van der Waals surface area contributed by atoms with Gasteiger partial charge < -0.3 is 21.1 Å². The predicted molar refractivity (Wildman–Crippen MR) is 76.4 cm³/mol. The zero-order valence-corrected chi connectivity index (χ0v) is 11.6. The summed E-state index contributed by atoms with van der Waals surface area (Å²) in [5.41, 5.74) is 7.01. The van der Waals surface area contributed by atoms with Crippen LogP contribution in [0.15, 0.2) is 24.3 Å². The van der Waals surface area contributed by atoms with Crippen molar-refractivity contribution in [3.63, 3.8) is 0 Å². The minimum atomic E-state index is -0.272. The molecular formula is C14H21N3O3. The zero-order chi connectivity index (χ0) is 14.8. The molecule has 6 heteroatoms. The van der Waals surface area contributed by atoms with E-state index in [0.29, 0.717) is 25.3 Å². The second kappa shape index (κ2) is 9.06. The second-order valence-corrected chi connectivity index (χ2v) is 4.26. The lowest BCUT2D eigenvalue weighted by atomic mass is 10.1. The molecule has 4 N–H and O–H groups in total. The topological polar surface area (TPSA) is 93.5 Å². The standard InChI is InChI=1S/C14H21N3O3/c1-20-8-7-16-13(18)10-17-14(19)12-4-2-3-11(9-12)5-6-15/h2-4,9H,5-8,10,15H2,1H3,(H,16,18)(H,17,19). The van der Waals surface area contributed by atoms with Crippen LogP contribution in [0, 0.1) is 0 Å². The summed E-state index contributed by atoms with van der Waals surface area (Å²) in [7, 11) is 1.56. The minimum Gasteiger partial charge on any atom is -0.383 e. The van der Waals surface area contributed by atoms with Crippen LogP contribution in [0.1, 0.15) is 15.9 Å². The van der Waals surface area contributed by atoms with E-state index in [9.17, 15) is 9.59 Å². The maximum absolute atomic E-state index is 11.9. The van der Waals surface area contributed by atoms with Gasteiger partial charge in [-0.3, -0.25) is 9.59 Å². The fourth-order valence-electron chi connectivity index (χ4n) is 1.65. The molecular weight excluding hydrogens is 258 g/mol. The molecule has 0 saturated carbocycles. The average molecular weight is 279 g/mol. The van der Waals surface area contributed by atoms with Crippen molar-refractivity contribution in [3.8, 4) is 0 Å². The van der Waals surface area contributed by atoms with Gasteiger partial charge in [-0.25, -0.2) is 0 Å². The van der Waals surface area contributed by atoms with Gasteiger partial charge in [-0.05, 0) is 30.7 Å². The number of nitrogens with two attached hydrogens (primary N) is 1. The highest BCUT2D eigenvalue weighted by molar-refractivity contribution is 5.96. The third kappa shape index (κ3) is 5.81. The molecule has 1 rings (SSSR count). The van der Waals surface area contributed by atoms with Crippen molar-refractivity contribution >= 4 is 11.8 Å². The molecule has 0 spiro atoms. The summed E-state index contributed by atoms with van der Waals surface area (Å²) in [6.07, 6.45) is 0.721. The van der Waals surface area contributed by atoms with E-state index >= 15 is 0 Å². The monoisotopic (exact) mass is 279 g/mol. The molecule has 0 bridgehead atoms. The number of rotatable bonds is 8. The maximum atomic E-state index is 11.9. The molecule has 0 saturated heterocycles. The maximum Gasteiger partial charge on any atom is 0.251 e. The molecule has 0 fully saturated rings. The Hall–Kier alpha value is -1.92. The summed E-state index contributed by atoms with van der Waals surface area (Å²) in [6.45, 7) is 1.36. The Kier molecular flexibility index (Phi) is 7.31. The molecule has 0 atom stereocenters. The molecule has 0 aliphatic heterocycles. The number of amides is 2. The molecule has 1 aromatic rings. The first kappa shape index (κ1) is 16.1. The molecule has 0 aromatic heterocycles. The molecule has 20 heavy (non-hydrogen) atoms. The number of benzene rings is 1. The first-order valence-corrected chi connectivity index (χ1v) is 6.50. The van der Waals surface area contributed by atoms with Gasteiger partial charge in [0.15, 0.2) is 0 Å². The van der Waals surface area contributed by atoms with Crippen molar-refractivity contribution in [3.05, 3.63) is 35.4 Å². The summed E-state index contributed by atoms with van der Waals surface area (Å²) in [4.78, 5) is 23.3. The van der Waals surface area contributed by atoms with Crippen LogP contribution in [0.5, 0.6) is 0 Å². The van der Waals surface area contributed by atoms with Gasteiger partial charge in [-0.2, -0.15) is 0 Å². The molecule has 0 aliphatic rings. The van der Waals surface area contributed by atoms with Crippen LogP contribution in [-0.4, -0.2) is 45.2 Å². The van der Waals surface area contributed by atoms with E-state index in [1.165, 1.54) is 0 Å². The summed E-state index contributed by atoms with van der Waals surface area (Å²) >= 11 is 0. The van der Waals surface area contributed by atoms with Gasteiger partial charge >= 0.3 is 0 Å². The van der Waals surface area contributed by atoms with Crippen molar-refractivity contribution < 1.29 is 14.3 Å². The fourth-order valence-corrected chi connectivity index (χ4v) is 1.65. The summed E-state index contributed by atoms with van der Waals surface area (Å²) in [6, 6.07) is 7.21. The zero-order valence-electron chi connectivity index (χ0n) is 11.6. The summed E-state index contributed by atoms with van der Waals surface area (Å²) in [5.74, 6) is -0.515. The molecule has 0 aliphatic carbocycles. The quantitative estimate of drug-likeness (QED) is 0.569. The van der Waals surface area contributed by atoms with Gasteiger partial charge in [-0.15, -0.1) is 0 Å². The van der Waals surface area contributed by atoms with E-state index in [1.54, 1.807) is 25.3 Å². The van der Waals surface area contributed by atoms with Gasteiger partial charge in [0.05, 0.1) is 13.2 Å². The minimum absolute atomic E-state index is 0.0519. The molecule has 6 nitrogen and oxygen atoms in total. The van der Waals surface area contributed by atoms with Crippen molar-refractivity contribution in [2.24, 2.45) is 5.73 Å². The van der Waals surface area contributed by atoms with Crippen molar-refractivity contribution in [1.29, 1.82) is 0 Å². The van der Waals surface area contributed by atoms with Gasteiger partial charge in [0.1, 0.15) is 0 Å². The van der Waals surface area contributed by atoms with Crippen LogP contribution in [0.2, 0.25) is 0 Å². The molecule has 0 heterocycles. The lowest BCUT2D eigenvalue weighted by Gasteiger charge is -2.07. The van der Waals surface area contributed by atoms with Gasteiger partial charge in [-0.1, -0.05) is 12.1 Å². The Balaban J connectivity index is 2.42. The average Bonchev–Trinajstić information content (AvgIpc) is 2.46. The van der Waals surface area contributed by atoms with E-state index in [4.69, 9.17) is 10.5 Å². The normalized spacial score (nSPS) is 10.1. The largest absolute Gasteiger partial charge is 0.383 e. The smallest absolute Gasteiger partial charge is 0.251 e. The highest BCUT2D eigenvalue weighted by atomic mass is 16.5. The Morgan fingerprint density at radius 1 is 1.30 bits per heavy atom. The van der Waals surface area contributed by atoms with Crippen LogP contribution < -0.4 is 16.4 Å². The number of hydrogen-bond acceptors (Lipinski definition) is 4. The van der Waals surface area contributed by atoms with Crippen LogP contribution in [0.25, 0.3) is 0 Å². The van der Waals surface area contributed by atoms with E-state index in [1.807, 2.05) is 6.07 Å². The fraction of sp³-hybridized carbons (Fsp3) is 0.429. The van der Waals surface area contributed by atoms with Crippen molar-refractivity contribution in [1.82, 2.24) is 10.6 Å². The number of carbonyl (C=O) groups is 2. The first-order chi connectivity index (χ1) is 9.67. The highest BCUT2D eigenvalue weighted by Gasteiger charge is 2.08. The van der Waals surface area contributed by atoms with Crippen LogP contribution in [0.3, 0.4) is 0 Å². The van der Waals surface area contributed by atoms with E-state index < -0.39 is 0 Å². The number of nitrogens with one attached hydrogen (secondary N) is 2.